The standard InChI is InChI=1S/C14H9BrF2O3/c15-12-6-10(2-4-13(12)17)20-7-8-5-9(16)1-3-11(8)14(18)19/h1-6H,7H2,(H,18,19). The van der Waals surface area contributed by atoms with Crippen molar-refractivity contribution in [3.63, 3.8) is 0 Å². The number of carboxylic acids is 1. The molecule has 0 aliphatic carbocycles. The number of benzene rings is 2. The number of carboxylic acid groups (broad SMARTS) is 1. The first-order valence-electron chi connectivity index (χ1n) is 5.57. The van der Waals surface area contributed by atoms with Crippen molar-refractivity contribution >= 4 is 21.9 Å². The van der Waals surface area contributed by atoms with E-state index in [0.717, 1.165) is 12.1 Å². The molecule has 0 heterocycles. The maximum Gasteiger partial charge on any atom is 0.336 e. The van der Waals surface area contributed by atoms with Gasteiger partial charge in [0.2, 0.25) is 0 Å². The van der Waals surface area contributed by atoms with Crippen molar-refractivity contribution < 1.29 is 23.4 Å². The van der Waals surface area contributed by atoms with Gasteiger partial charge in [-0.1, -0.05) is 0 Å². The average Bonchev–Trinajstić information content (AvgIpc) is 2.40. The van der Waals surface area contributed by atoms with Gasteiger partial charge in [-0.05, 0) is 52.3 Å². The Bertz CT molecular complexity index is 659. The third kappa shape index (κ3) is 3.33. The average molecular weight is 343 g/mol. The molecule has 0 saturated heterocycles. The number of ether oxygens (including phenoxy) is 1. The monoisotopic (exact) mass is 342 g/mol. The van der Waals surface area contributed by atoms with Gasteiger partial charge in [0.25, 0.3) is 0 Å². The highest BCUT2D eigenvalue weighted by Crippen LogP contribution is 2.23. The van der Waals surface area contributed by atoms with Crippen LogP contribution in [0.1, 0.15) is 15.9 Å². The molecule has 0 radical (unpaired) electrons. The highest BCUT2D eigenvalue weighted by molar-refractivity contribution is 9.10. The number of aromatic carboxylic acids is 1. The van der Waals surface area contributed by atoms with Gasteiger partial charge in [0.05, 0.1) is 10.0 Å². The number of rotatable bonds is 4. The Labute approximate surface area is 121 Å². The minimum Gasteiger partial charge on any atom is -0.489 e. The van der Waals surface area contributed by atoms with Gasteiger partial charge in [-0.25, -0.2) is 13.6 Å². The zero-order valence-electron chi connectivity index (χ0n) is 10.1. The summed E-state index contributed by atoms with van der Waals surface area (Å²) >= 11 is 3.01. The van der Waals surface area contributed by atoms with Crippen LogP contribution >= 0.6 is 15.9 Å². The molecule has 3 nitrogen and oxygen atoms in total. The molecule has 0 aromatic heterocycles. The van der Waals surface area contributed by atoms with Crippen molar-refractivity contribution in [2.45, 2.75) is 6.61 Å². The lowest BCUT2D eigenvalue weighted by Gasteiger charge is -2.09. The van der Waals surface area contributed by atoms with E-state index >= 15 is 0 Å². The molecule has 2 aromatic rings. The van der Waals surface area contributed by atoms with Gasteiger partial charge < -0.3 is 9.84 Å². The fourth-order valence-corrected chi connectivity index (χ4v) is 1.98. The van der Waals surface area contributed by atoms with E-state index in [-0.39, 0.29) is 22.2 Å². The summed E-state index contributed by atoms with van der Waals surface area (Å²) in [6, 6.07) is 7.37. The van der Waals surface area contributed by atoms with Crippen molar-refractivity contribution in [3.8, 4) is 5.75 Å². The van der Waals surface area contributed by atoms with Crippen molar-refractivity contribution in [2.24, 2.45) is 0 Å². The molecule has 0 fully saturated rings. The summed E-state index contributed by atoms with van der Waals surface area (Å²) in [5, 5.41) is 9.00. The second kappa shape index (κ2) is 6.00. The molecule has 0 unspecified atom stereocenters. The maximum atomic E-state index is 13.1. The lowest BCUT2D eigenvalue weighted by Crippen LogP contribution is -2.06. The number of carbonyl (C=O) groups is 1. The van der Waals surface area contributed by atoms with Crippen molar-refractivity contribution in [2.75, 3.05) is 0 Å². The Morgan fingerprint density at radius 3 is 2.60 bits per heavy atom. The number of hydrogen-bond donors (Lipinski definition) is 1. The quantitative estimate of drug-likeness (QED) is 0.913. The van der Waals surface area contributed by atoms with Crippen LogP contribution in [0, 0.1) is 11.6 Å². The third-order valence-corrected chi connectivity index (χ3v) is 3.19. The van der Waals surface area contributed by atoms with E-state index in [0.29, 0.717) is 5.75 Å². The maximum absolute atomic E-state index is 13.1. The Balaban J connectivity index is 2.20. The summed E-state index contributed by atoms with van der Waals surface area (Å²) in [5.41, 5.74) is 0.172. The molecule has 1 N–H and O–H groups in total. The van der Waals surface area contributed by atoms with Crippen LogP contribution < -0.4 is 4.74 Å². The normalized spacial score (nSPS) is 10.3. The number of hydrogen-bond acceptors (Lipinski definition) is 2. The van der Waals surface area contributed by atoms with Crippen LogP contribution in [0.2, 0.25) is 0 Å². The van der Waals surface area contributed by atoms with E-state index in [9.17, 15) is 13.6 Å². The second-order valence-corrected chi connectivity index (χ2v) is 4.83. The lowest BCUT2D eigenvalue weighted by atomic mass is 10.1. The predicted molar refractivity (Wildman–Crippen MR) is 71.8 cm³/mol. The van der Waals surface area contributed by atoms with E-state index in [4.69, 9.17) is 9.84 Å². The highest BCUT2D eigenvalue weighted by atomic mass is 79.9. The first kappa shape index (κ1) is 14.5. The Kier molecular flexibility index (Phi) is 4.34. The minimum absolute atomic E-state index is 0.0347. The van der Waals surface area contributed by atoms with Crippen molar-refractivity contribution in [1.82, 2.24) is 0 Å². The SMILES string of the molecule is O=C(O)c1ccc(F)cc1COc1ccc(F)c(Br)c1. The highest BCUT2D eigenvalue weighted by Gasteiger charge is 2.12. The van der Waals surface area contributed by atoms with Gasteiger partial charge in [-0.3, -0.25) is 0 Å². The molecule has 0 aliphatic heterocycles. The van der Waals surface area contributed by atoms with E-state index in [1.165, 1.54) is 24.3 Å². The van der Waals surface area contributed by atoms with Gasteiger partial charge in [-0.2, -0.15) is 0 Å². The zero-order chi connectivity index (χ0) is 14.7. The predicted octanol–water partition coefficient (Wildman–Crippen LogP) is 4.00. The summed E-state index contributed by atoms with van der Waals surface area (Å²) in [7, 11) is 0. The second-order valence-electron chi connectivity index (χ2n) is 3.97. The molecular formula is C14H9BrF2O3. The Morgan fingerprint density at radius 1 is 1.20 bits per heavy atom. The fraction of sp³-hybridized carbons (Fsp3) is 0.0714. The van der Waals surface area contributed by atoms with Crippen LogP contribution in [-0.4, -0.2) is 11.1 Å². The molecule has 0 saturated carbocycles. The number of halogens is 3. The van der Waals surface area contributed by atoms with Crippen LogP contribution in [-0.2, 0) is 6.61 Å². The summed E-state index contributed by atoms with van der Waals surface area (Å²) in [4.78, 5) is 11.0. The molecule has 0 aliphatic rings. The molecular weight excluding hydrogens is 334 g/mol. The smallest absolute Gasteiger partial charge is 0.336 e. The molecule has 2 rings (SSSR count). The molecule has 0 amide bonds. The van der Waals surface area contributed by atoms with Crippen LogP contribution in [0.5, 0.6) is 5.75 Å². The molecule has 0 spiro atoms. The molecule has 6 heteroatoms. The molecule has 0 bridgehead atoms. The summed E-state index contributed by atoms with van der Waals surface area (Å²) in [6.45, 7) is -0.128. The van der Waals surface area contributed by atoms with Crippen LogP contribution in [0.4, 0.5) is 8.78 Å². The summed E-state index contributed by atoms with van der Waals surface area (Å²) < 4.78 is 31.8. The fourth-order valence-electron chi connectivity index (χ4n) is 1.62. The van der Waals surface area contributed by atoms with E-state index in [1.54, 1.807) is 0 Å². The molecule has 20 heavy (non-hydrogen) atoms. The van der Waals surface area contributed by atoms with Crippen LogP contribution in [0.15, 0.2) is 40.9 Å². The summed E-state index contributed by atoms with van der Waals surface area (Å²) in [6.07, 6.45) is 0. The van der Waals surface area contributed by atoms with Crippen molar-refractivity contribution in [3.05, 3.63) is 63.6 Å². The summed E-state index contributed by atoms with van der Waals surface area (Å²) in [5.74, 6) is -1.80. The third-order valence-electron chi connectivity index (χ3n) is 2.58. The minimum atomic E-state index is -1.16. The van der Waals surface area contributed by atoms with Gasteiger partial charge >= 0.3 is 5.97 Å². The van der Waals surface area contributed by atoms with Gasteiger partial charge in [0.1, 0.15) is 24.0 Å². The van der Waals surface area contributed by atoms with Crippen LogP contribution in [0.3, 0.4) is 0 Å². The van der Waals surface area contributed by atoms with Gasteiger partial charge in [0.15, 0.2) is 0 Å². The van der Waals surface area contributed by atoms with Gasteiger partial charge in [0, 0.05) is 5.56 Å². The Hall–Kier alpha value is -1.95. The molecule has 0 atom stereocenters. The zero-order valence-corrected chi connectivity index (χ0v) is 11.7. The lowest BCUT2D eigenvalue weighted by molar-refractivity contribution is 0.0694. The van der Waals surface area contributed by atoms with Gasteiger partial charge in [-0.15, -0.1) is 0 Å². The van der Waals surface area contributed by atoms with E-state index < -0.39 is 17.6 Å². The first-order valence-corrected chi connectivity index (χ1v) is 6.36. The molecule has 2 aromatic carbocycles. The van der Waals surface area contributed by atoms with Crippen LogP contribution in [0.25, 0.3) is 0 Å². The first-order chi connectivity index (χ1) is 9.47. The van der Waals surface area contributed by atoms with Crippen molar-refractivity contribution in [1.29, 1.82) is 0 Å². The topological polar surface area (TPSA) is 46.5 Å². The Morgan fingerprint density at radius 2 is 1.95 bits per heavy atom. The van der Waals surface area contributed by atoms with E-state index in [2.05, 4.69) is 15.9 Å². The molecule has 104 valence electrons. The largest absolute Gasteiger partial charge is 0.489 e. The van der Waals surface area contributed by atoms with E-state index in [1.807, 2.05) is 0 Å².